The third kappa shape index (κ3) is 6.27. The molecule has 3 aromatic rings. The number of methoxy groups -OCH3 is 1. The van der Waals surface area contributed by atoms with Gasteiger partial charge >= 0.3 is 5.97 Å². The Bertz CT molecular complexity index is 1390. The third-order valence-corrected chi connectivity index (χ3v) is 9.24. The van der Waals surface area contributed by atoms with Gasteiger partial charge in [0.2, 0.25) is 5.91 Å². The second-order valence-electron chi connectivity index (χ2n) is 8.79. The molecule has 11 heteroatoms. The fraction of sp³-hybridized carbons (Fsp3) is 0.462. The maximum Gasteiger partial charge on any atom is 0.341 e. The molecule has 1 atom stereocenters. The van der Waals surface area contributed by atoms with Crippen molar-refractivity contribution in [3.05, 3.63) is 39.0 Å². The maximum absolute atomic E-state index is 12.7. The molecule has 0 radical (unpaired) electrons. The predicted molar refractivity (Wildman–Crippen MR) is 150 cm³/mol. The first-order chi connectivity index (χ1) is 17.8. The minimum atomic E-state index is -0.426. The van der Waals surface area contributed by atoms with E-state index in [2.05, 4.69) is 17.2 Å². The van der Waals surface area contributed by atoms with Gasteiger partial charge in [0, 0.05) is 11.4 Å². The Hall–Kier alpha value is -2.63. The van der Waals surface area contributed by atoms with Gasteiger partial charge in [0.1, 0.15) is 10.8 Å². The first kappa shape index (κ1) is 27.4. The second-order valence-corrected chi connectivity index (χ2v) is 11.9. The zero-order valence-electron chi connectivity index (χ0n) is 21.4. The number of esters is 1. The topological polar surface area (TPSA) is 99.0 Å². The Labute approximate surface area is 228 Å². The van der Waals surface area contributed by atoms with Gasteiger partial charge in [-0.1, -0.05) is 18.3 Å². The van der Waals surface area contributed by atoms with Crippen molar-refractivity contribution in [2.75, 3.05) is 30.5 Å². The van der Waals surface area contributed by atoms with Gasteiger partial charge < -0.3 is 19.4 Å². The van der Waals surface area contributed by atoms with Crippen LogP contribution < -0.4 is 14.9 Å². The molecule has 0 bridgehead atoms. The lowest BCUT2D eigenvalue weighted by atomic mass is 9.88. The van der Waals surface area contributed by atoms with Crippen LogP contribution in [0.5, 0.6) is 5.75 Å². The van der Waals surface area contributed by atoms with Gasteiger partial charge in [-0.3, -0.25) is 9.59 Å². The Balaban J connectivity index is 1.40. The molecule has 0 saturated carbocycles. The van der Waals surface area contributed by atoms with E-state index in [0.29, 0.717) is 34.4 Å². The fourth-order valence-corrected chi connectivity index (χ4v) is 7.54. The molecule has 2 aromatic heterocycles. The van der Waals surface area contributed by atoms with Gasteiger partial charge in [-0.2, -0.15) is 4.99 Å². The fourth-order valence-electron chi connectivity index (χ4n) is 4.39. The normalized spacial score (nSPS) is 15.5. The van der Waals surface area contributed by atoms with Crippen LogP contribution in [-0.2, 0) is 33.7 Å². The van der Waals surface area contributed by atoms with Crippen LogP contribution in [0.1, 0.15) is 48.0 Å². The molecule has 0 fully saturated rings. The molecule has 1 unspecified atom stereocenters. The Morgan fingerprint density at radius 2 is 2.03 bits per heavy atom. The minimum absolute atomic E-state index is 0.0812. The van der Waals surface area contributed by atoms with Gasteiger partial charge in [-0.25, -0.2) is 4.79 Å². The van der Waals surface area contributed by atoms with Gasteiger partial charge in [0.25, 0.3) is 5.91 Å². The van der Waals surface area contributed by atoms with E-state index in [9.17, 15) is 14.4 Å². The largest absolute Gasteiger partial charge is 0.494 e. The molecule has 1 aliphatic carbocycles. The molecule has 2 heterocycles. The number of hydrogen-bond donors (Lipinski definition) is 1. The van der Waals surface area contributed by atoms with Crippen molar-refractivity contribution < 1.29 is 23.9 Å². The lowest BCUT2D eigenvalue weighted by Crippen LogP contribution is -2.19. The molecular formula is C26H31N3O5S3. The zero-order valence-corrected chi connectivity index (χ0v) is 23.9. The summed E-state index contributed by atoms with van der Waals surface area (Å²) in [6.45, 7) is 7.41. The van der Waals surface area contributed by atoms with E-state index in [1.54, 1.807) is 0 Å². The van der Waals surface area contributed by atoms with E-state index in [0.717, 1.165) is 45.7 Å². The number of thiophene rings is 1. The molecule has 0 saturated heterocycles. The Morgan fingerprint density at radius 1 is 1.22 bits per heavy atom. The van der Waals surface area contributed by atoms with E-state index in [4.69, 9.17) is 9.47 Å². The van der Waals surface area contributed by atoms with Crippen LogP contribution in [0.4, 0.5) is 5.00 Å². The molecule has 1 aromatic carbocycles. The molecule has 0 spiro atoms. The molecule has 0 aliphatic heterocycles. The number of benzene rings is 1. The number of rotatable bonds is 9. The van der Waals surface area contributed by atoms with Crippen molar-refractivity contribution in [1.29, 1.82) is 0 Å². The highest BCUT2D eigenvalue weighted by molar-refractivity contribution is 8.00. The summed E-state index contributed by atoms with van der Waals surface area (Å²) in [7, 11) is 1.35. The molecule has 2 amide bonds. The third-order valence-electron chi connectivity index (χ3n) is 6.11. The predicted octanol–water partition coefficient (Wildman–Crippen LogP) is 4.89. The summed E-state index contributed by atoms with van der Waals surface area (Å²) in [6, 6.07) is 5.86. The summed E-state index contributed by atoms with van der Waals surface area (Å²) >= 11 is 4.09. The molecule has 37 heavy (non-hydrogen) atoms. The maximum atomic E-state index is 12.7. The summed E-state index contributed by atoms with van der Waals surface area (Å²) in [5.41, 5.74) is 2.47. The number of anilines is 1. The summed E-state index contributed by atoms with van der Waals surface area (Å²) in [4.78, 5) is 43.8. The van der Waals surface area contributed by atoms with Crippen LogP contribution in [0.25, 0.3) is 10.2 Å². The highest BCUT2D eigenvalue weighted by Crippen LogP contribution is 2.40. The lowest BCUT2D eigenvalue weighted by Gasteiger charge is -2.18. The van der Waals surface area contributed by atoms with Gasteiger partial charge in [0.05, 0.1) is 41.0 Å². The summed E-state index contributed by atoms with van der Waals surface area (Å²) < 4.78 is 13.6. The number of nitrogens with zero attached hydrogens (tertiary/aromatic N) is 2. The number of fused-ring (bicyclic) bond motifs is 2. The van der Waals surface area contributed by atoms with E-state index in [1.165, 1.54) is 41.5 Å². The number of ether oxygens (including phenoxy) is 2. The summed E-state index contributed by atoms with van der Waals surface area (Å²) in [6.07, 6.45) is 2.71. The molecule has 1 N–H and O–H groups in total. The van der Waals surface area contributed by atoms with Crippen molar-refractivity contribution >= 4 is 67.4 Å². The average molecular weight is 562 g/mol. The lowest BCUT2D eigenvalue weighted by molar-refractivity contribution is -0.115. The van der Waals surface area contributed by atoms with E-state index < -0.39 is 5.97 Å². The van der Waals surface area contributed by atoms with Crippen LogP contribution in [0.2, 0.25) is 0 Å². The number of carbonyl (C=O) groups excluding carboxylic acids is 3. The van der Waals surface area contributed by atoms with E-state index in [1.807, 2.05) is 36.6 Å². The van der Waals surface area contributed by atoms with Crippen LogP contribution in [0.3, 0.4) is 0 Å². The summed E-state index contributed by atoms with van der Waals surface area (Å²) in [5.74, 6) is 0.511. The van der Waals surface area contributed by atoms with Gasteiger partial charge in [0.15, 0.2) is 4.80 Å². The Morgan fingerprint density at radius 3 is 2.76 bits per heavy atom. The number of aromatic nitrogens is 1. The van der Waals surface area contributed by atoms with E-state index >= 15 is 0 Å². The number of hydrogen-bond acceptors (Lipinski definition) is 8. The quantitative estimate of drug-likeness (QED) is 0.374. The highest BCUT2D eigenvalue weighted by Gasteiger charge is 2.28. The Kier molecular flexibility index (Phi) is 9.09. The van der Waals surface area contributed by atoms with Crippen molar-refractivity contribution in [3.8, 4) is 5.75 Å². The van der Waals surface area contributed by atoms with Gasteiger partial charge in [-0.05, 0) is 62.8 Å². The number of aryl methyl sites for hydroxylation is 1. The van der Waals surface area contributed by atoms with Crippen molar-refractivity contribution in [2.24, 2.45) is 10.9 Å². The molecule has 198 valence electrons. The smallest absolute Gasteiger partial charge is 0.341 e. The van der Waals surface area contributed by atoms with E-state index in [-0.39, 0.29) is 23.3 Å². The van der Waals surface area contributed by atoms with Crippen molar-refractivity contribution in [1.82, 2.24) is 4.57 Å². The number of thioether (sulfide) groups is 1. The average Bonchev–Trinajstić information content (AvgIpc) is 3.39. The number of carbonyl (C=O) groups is 3. The number of amides is 2. The molecule has 1 aliphatic rings. The van der Waals surface area contributed by atoms with Crippen LogP contribution in [0.15, 0.2) is 23.2 Å². The van der Waals surface area contributed by atoms with Crippen LogP contribution in [0, 0.1) is 5.92 Å². The van der Waals surface area contributed by atoms with Crippen LogP contribution in [-0.4, -0.2) is 47.6 Å². The number of thiazole rings is 1. The minimum Gasteiger partial charge on any atom is -0.494 e. The number of nitrogens with one attached hydrogen (secondary N) is 1. The second kappa shape index (κ2) is 12.3. The molecule has 4 rings (SSSR count). The van der Waals surface area contributed by atoms with Crippen molar-refractivity contribution in [2.45, 2.75) is 46.6 Å². The van der Waals surface area contributed by atoms with Gasteiger partial charge in [-0.15, -0.1) is 23.1 Å². The standard InChI is InChI=1S/C26H31N3O5S3/c1-5-29-18-10-8-16(34-6-2)12-20(18)37-26(29)28-22(31)14-35-13-21(30)27-24-23(25(32)33-4)17-9-7-15(3)11-19(17)36-24/h8,10,12,15H,5-7,9,11,13-14H2,1-4H3,(H,27,30). The monoisotopic (exact) mass is 561 g/mol. The first-order valence-electron chi connectivity index (χ1n) is 12.3. The summed E-state index contributed by atoms with van der Waals surface area (Å²) in [5, 5.41) is 3.41. The first-order valence-corrected chi connectivity index (χ1v) is 15.1. The SMILES string of the molecule is CCOc1ccc2c(c1)sc(=NC(=O)CSCC(=O)Nc1sc3c(c1C(=O)OC)CCC(C)C3)n2CC. The van der Waals surface area contributed by atoms with Crippen LogP contribution >= 0.6 is 34.4 Å². The molecular weight excluding hydrogens is 531 g/mol. The zero-order chi connectivity index (χ0) is 26.5. The van der Waals surface area contributed by atoms with Crippen molar-refractivity contribution in [3.63, 3.8) is 0 Å². The molecule has 8 nitrogen and oxygen atoms in total. The highest BCUT2D eigenvalue weighted by atomic mass is 32.2.